The van der Waals surface area contributed by atoms with E-state index in [1.54, 1.807) is 7.05 Å². The van der Waals surface area contributed by atoms with Crippen LogP contribution in [-0.4, -0.2) is 79.3 Å². The van der Waals surface area contributed by atoms with Crippen molar-refractivity contribution in [2.45, 2.75) is 25.2 Å². The van der Waals surface area contributed by atoms with Crippen LogP contribution in [0.1, 0.15) is 22.3 Å². The molecule has 1 atom stereocenters. The predicted octanol–water partition coefficient (Wildman–Crippen LogP) is 4.65. The number of likely N-dealkylation sites (N-methyl/N-ethyl adjacent to an activating group) is 1. The van der Waals surface area contributed by atoms with Gasteiger partial charge in [-0.05, 0) is 47.0 Å². The van der Waals surface area contributed by atoms with Gasteiger partial charge in [-0.3, -0.25) is 9.59 Å². The van der Waals surface area contributed by atoms with E-state index in [2.05, 4.69) is 4.90 Å². The molecule has 1 aliphatic heterocycles. The van der Waals surface area contributed by atoms with Gasteiger partial charge in [-0.15, -0.1) is 0 Å². The molecule has 1 fully saturated rings. The Morgan fingerprint density at radius 2 is 1.60 bits per heavy atom. The third-order valence-electron chi connectivity index (χ3n) is 7.35. The number of aliphatic hydroxyl groups is 1. The number of benzene rings is 3. The summed E-state index contributed by atoms with van der Waals surface area (Å²) in [5, 5.41) is 9.49. The van der Waals surface area contributed by atoms with Gasteiger partial charge < -0.3 is 24.5 Å². The van der Waals surface area contributed by atoms with Gasteiger partial charge in [0.1, 0.15) is 6.04 Å². The minimum atomic E-state index is -4.46. The van der Waals surface area contributed by atoms with Crippen molar-refractivity contribution in [2.75, 3.05) is 51.4 Å². The Morgan fingerprint density at radius 3 is 2.21 bits per heavy atom. The fraction of sp³-hybridized carbons (Fsp3) is 0.333. The molecule has 3 aromatic carbocycles. The van der Waals surface area contributed by atoms with Crippen LogP contribution in [0.2, 0.25) is 0 Å². The fourth-order valence-corrected chi connectivity index (χ4v) is 4.90. The average molecular weight is 596 g/mol. The second-order valence-corrected chi connectivity index (χ2v) is 10.4. The van der Waals surface area contributed by atoms with Crippen LogP contribution in [0.3, 0.4) is 0 Å². The Hall–Kier alpha value is -4.15. The number of hydrogen-bond donors (Lipinski definition) is 1. The number of alkyl halides is 3. The maximum absolute atomic E-state index is 13.8. The van der Waals surface area contributed by atoms with Crippen LogP contribution in [-0.2, 0) is 33.5 Å². The zero-order valence-electron chi connectivity index (χ0n) is 24.0. The minimum absolute atomic E-state index is 0.0990. The smallest absolute Gasteiger partial charge is 0.395 e. The minimum Gasteiger partial charge on any atom is -0.395 e. The first kappa shape index (κ1) is 31.8. The Balaban J connectivity index is 1.65. The molecular weight excluding hydrogens is 559 g/mol. The molecule has 0 spiro atoms. The molecule has 0 aliphatic carbocycles. The van der Waals surface area contributed by atoms with Crippen LogP contribution in [0.15, 0.2) is 84.9 Å². The van der Waals surface area contributed by atoms with Crippen molar-refractivity contribution in [3.63, 3.8) is 0 Å². The summed E-state index contributed by atoms with van der Waals surface area (Å²) < 4.78 is 44.4. The van der Waals surface area contributed by atoms with Gasteiger partial charge in [0.25, 0.3) is 0 Å². The molecule has 2 amide bonds. The highest BCUT2D eigenvalue weighted by Crippen LogP contribution is 2.29. The van der Waals surface area contributed by atoms with Crippen molar-refractivity contribution < 1.29 is 32.6 Å². The van der Waals surface area contributed by atoms with Crippen LogP contribution in [0.4, 0.5) is 18.9 Å². The summed E-state index contributed by atoms with van der Waals surface area (Å²) in [7, 11) is 1.58. The van der Waals surface area contributed by atoms with Crippen molar-refractivity contribution in [3.8, 4) is 0 Å². The van der Waals surface area contributed by atoms with Crippen molar-refractivity contribution in [1.82, 2.24) is 9.80 Å². The number of aliphatic hydroxyl groups excluding tert-OH is 1. The van der Waals surface area contributed by atoms with Crippen molar-refractivity contribution >= 4 is 23.6 Å². The topological polar surface area (TPSA) is 73.3 Å². The van der Waals surface area contributed by atoms with Gasteiger partial charge in [0.15, 0.2) is 0 Å². The highest BCUT2D eigenvalue weighted by molar-refractivity contribution is 5.95. The van der Waals surface area contributed by atoms with E-state index >= 15 is 0 Å². The molecule has 0 aromatic heterocycles. The molecule has 0 radical (unpaired) electrons. The largest absolute Gasteiger partial charge is 0.416 e. The number of morpholine rings is 1. The lowest BCUT2D eigenvalue weighted by Crippen LogP contribution is -2.51. The molecule has 0 saturated carbocycles. The maximum atomic E-state index is 13.8. The van der Waals surface area contributed by atoms with E-state index in [1.807, 2.05) is 54.6 Å². The zero-order valence-corrected chi connectivity index (χ0v) is 24.0. The second-order valence-electron chi connectivity index (χ2n) is 10.4. The van der Waals surface area contributed by atoms with Crippen molar-refractivity contribution in [1.29, 1.82) is 0 Å². The standard InChI is InChI=1S/C33H36F3N3O4/c1-37(17-20-40)32(42)30(23-26-5-3-2-4-6-26)39(24-27-9-14-29(15-10-27)38-18-21-43-22-19-38)31(41)16-11-25-7-12-28(13-8-25)33(34,35)36/h2-16,30,40H,17-24H2,1H3/t30-/m0/s1. The molecule has 4 rings (SSSR count). The molecular formula is C33H36F3N3O4. The van der Waals surface area contributed by atoms with Crippen molar-refractivity contribution in [3.05, 3.63) is 107 Å². The summed E-state index contributed by atoms with van der Waals surface area (Å²) in [6, 6.07) is 20.8. The highest BCUT2D eigenvalue weighted by Gasteiger charge is 2.32. The SMILES string of the molecule is CN(CCO)C(=O)[C@H](Cc1ccccc1)N(Cc1ccc(N2CCOCC2)cc1)C(=O)C=Cc1ccc(C(F)(F)F)cc1. The van der Waals surface area contributed by atoms with Gasteiger partial charge in [0.2, 0.25) is 11.8 Å². The van der Waals surface area contributed by atoms with Gasteiger partial charge in [-0.25, -0.2) is 0 Å². The molecule has 1 N–H and O–H groups in total. The summed E-state index contributed by atoms with van der Waals surface area (Å²) >= 11 is 0. The lowest BCUT2D eigenvalue weighted by atomic mass is 10.0. The van der Waals surface area contributed by atoms with E-state index in [0.717, 1.165) is 42.0 Å². The summed E-state index contributed by atoms with van der Waals surface area (Å²) in [5.41, 5.74) is 2.33. The molecule has 1 saturated heterocycles. The monoisotopic (exact) mass is 595 g/mol. The van der Waals surface area contributed by atoms with E-state index < -0.39 is 23.7 Å². The summed E-state index contributed by atoms with van der Waals surface area (Å²) in [5.74, 6) is -0.803. The molecule has 0 unspecified atom stereocenters. The number of hydrogen-bond acceptors (Lipinski definition) is 5. The average Bonchev–Trinajstić information content (AvgIpc) is 3.02. The van der Waals surface area contributed by atoms with Crippen LogP contribution in [0.25, 0.3) is 6.08 Å². The first-order valence-electron chi connectivity index (χ1n) is 14.1. The normalized spacial score (nSPS) is 14.5. The van der Waals surface area contributed by atoms with E-state index in [4.69, 9.17) is 4.74 Å². The Morgan fingerprint density at radius 1 is 0.953 bits per heavy atom. The number of carbonyl (C=O) groups is 2. The van der Waals surface area contributed by atoms with Crippen LogP contribution < -0.4 is 4.90 Å². The number of ether oxygens (including phenoxy) is 1. The third-order valence-corrected chi connectivity index (χ3v) is 7.35. The van der Waals surface area contributed by atoms with Crippen molar-refractivity contribution in [2.24, 2.45) is 0 Å². The Labute approximate surface area is 249 Å². The molecule has 0 bridgehead atoms. The summed E-state index contributed by atoms with van der Waals surface area (Å²) in [6.45, 7) is 2.86. The number of amides is 2. The lowest BCUT2D eigenvalue weighted by Gasteiger charge is -2.33. The Bertz CT molecular complexity index is 1360. The maximum Gasteiger partial charge on any atom is 0.416 e. The quantitative estimate of drug-likeness (QED) is 0.327. The number of halogens is 3. The second kappa shape index (κ2) is 14.8. The molecule has 228 valence electrons. The molecule has 1 heterocycles. The zero-order chi connectivity index (χ0) is 30.8. The first-order chi connectivity index (χ1) is 20.7. The summed E-state index contributed by atoms with van der Waals surface area (Å²) in [6.07, 6.45) is -1.50. The molecule has 10 heteroatoms. The fourth-order valence-electron chi connectivity index (χ4n) is 4.90. The number of anilines is 1. The number of carbonyl (C=O) groups excluding carboxylic acids is 2. The molecule has 1 aliphatic rings. The number of nitrogens with zero attached hydrogens (tertiary/aromatic N) is 3. The predicted molar refractivity (Wildman–Crippen MR) is 159 cm³/mol. The van der Waals surface area contributed by atoms with E-state index in [0.29, 0.717) is 18.8 Å². The third kappa shape index (κ3) is 8.92. The highest BCUT2D eigenvalue weighted by atomic mass is 19.4. The first-order valence-corrected chi connectivity index (χ1v) is 14.1. The van der Waals surface area contributed by atoms with Gasteiger partial charge in [0.05, 0.1) is 25.4 Å². The lowest BCUT2D eigenvalue weighted by molar-refractivity contribution is -0.143. The van der Waals surface area contributed by atoms with E-state index in [9.17, 15) is 27.9 Å². The number of rotatable bonds is 11. The molecule has 7 nitrogen and oxygen atoms in total. The molecule has 43 heavy (non-hydrogen) atoms. The van der Waals surface area contributed by atoms with Gasteiger partial charge in [0, 0.05) is 51.4 Å². The summed E-state index contributed by atoms with van der Waals surface area (Å²) in [4.78, 5) is 32.6. The van der Waals surface area contributed by atoms with E-state index in [-0.39, 0.29) is 32.0 Å². The Kier molecular flexibility index (Phi) is 11.0. The van der Waals surface area contributed by atoms with Crippen LogP contribution >= 0.6 is 0 Å². The van der Waals surface area contributed by atoms with Crippen LogP contribution in [0.5, 0.6) is 0 Å². The molecule has 3 aromatic rings. The van der Waals surface area contributed by atoms with Gasteiger partial charge >= 0.3 is 6.18 Å². The van der Waals surface area contributed by atoms with Gasteiger partial charge in [-0.2, -0.15) is 13.2 Å². The van der Waals surface area contributed by atoms with Crippen LogP contribution in [0, 0.1) is 0 Å². The van der Waals surface area contributed by atoms with E-state index in [1.165, 1.54) is 34.1 Å². The van der Waals surface area contributed by atoms with Gasteiger partial charge in [-0.1, -0.05) is 54.6 Å².